The van der Waals surface area contributed by atoms with Gasteiger partial charge >= 0.3 is 5.97 Å². The van der Waals surface area contributed by atoms with Gasteiger partial charge in [0.05, 0.1) is 18.3 Å². The minimum Gasteiger partial charge on any atom is -0.481 e. The fourth-order valence-corrected chi connectivity index (χ4v) is 2.09. The average Bonchev–Trinajstić information content (AvgIpc) is 2.56. The van der Waals surface area contributed by atoms with E-state index in [0.29, 0.717) is 6.42 Å². The smallest absolute Gasteiger partial charge is 0.303 e. The molecule has 0 aliphatic heterocycles. The van der Waals surface area contributed by atoms with Crippen molar-refractivity contribution in [1.29, 1.82) is 0 Å². The summed E-state index contributed by atoms with van der Waals surface area (Å²) in [7, 11) is 0. The van der Waals surface area contributed by atoms with Crippen LogP contribution in [0.4, 0.5) is 0 Å². The SMILES string of the molecule is CCCCC[C@H](O)/C=C/C=C/C=C/C=C/[C@@H](O)[C@@H](O)CCCC(=O)O. The molecule has 0 aliphatic rings. The number of aliphatic carboxylic acids is 1. The van der Waals surface area contributed by atoms with Gasteiger partial charge in [0.15, 0.2) is 0 Å². The van der Waals surface area contributed by atoms with Crippen LogP contribution in [0.15, 0.2) is 48.6 Å². The number of allylic oxidation sites excluding steroid dienone is 6. The zero-order chi connectivity index (χ0) is 18.9. The molecule has 0 rings (SSSR count). The van der Waals surface area contributed by atoms with Crippen molar-refractivity contribution in [2.75, 3.05) is 0 Å². The Kier molecular flexibility index (Phi) is 14.7. The number of unbranched alkanes of at least 4 members (excludes halogenated alkanes) is 2. The third kappa shape index (κ3) is 15.6. The minimum atomic E-state index is -1.01. The van der Waals surface area contributed by atoms with Crippen LogP contribution in [0.2, 0.25) is 0 Å². The van der Waals surface area contributed by atoms with E-state index in [2.05, 4.69) is 6.92 Å². The molecule has 0 bridgehead atoms. The fourth-order valence-electron chi connectivity index (χ4n) is 2.09. The van der Waals surface area contributed by atoms with Crippen molar-refractivity contribution < 1.29 is 25.2 Å². The van der Waals surface area contributed by atoms with Crippen LogP contribution in [-0.2, 0) is 4.79 Å². The van der Waals surface area contributed by atoms with Crippen LogP contribution in [-0.4, -0.2) is 44.7 Å². The van der Waals surface area contributed by atoms with Gasteiger partial charge in [-0.15, -0.1) is 0 Å². The first-order valence-corrected chi connectivity index (χ1v) is 8.91. The molecule has 0 fully saturated rings. The Morgan fingerprint density at radius 1 is 0.840 bits per heavy atom. The summed E-state index contributed by atoms with van der Waals surface area (Å²) in [5, 5.41) is 37.6. The van der Waals surface area contributed by atoms with Crippen molar-refractivity contribution in [1.82, 2.24) is 0 Å². The summed E-state index contributed by atoms with van der Waals surface area (Å²) in [4.78, 5) is 10.4. The predicted octanol–water partition coefficient (Wildman–Crippen LogP) is 3.13. The largest absolute Gasteiger partial charge is 0.481 e. The van der Waals surface area contributed by atoms with E-state index in [1.165, 1.54) is 6.08 Å². The highest BCUT2D eigenvalue weighted by molar-refractivity contribution is 5.66. The molecule has 5 heteroatoms. The lowest BCUT2D eigenvalue weighted by molar-refractivity contribution is -0.137. The number of aliphatic hydroxyl groups excluding tert-OH is 3. The van der Waals surface area contributed by atoms with E-state index >= 15 is 0 Å². The van der Waals surface area contributed by atoms with Crippen molar-refractivity contribution in [3.05, 3.63) is 48.6 Å². The Morgan fingerprint density at radius 3 is 2.04 bits per heavy atom. The zero-order valence-corrected chi connectivity index (χ0v) is 15.0. The summed E-state index contributed by atoms with van der Waals surface area (Å²) in [5.41, 5.74) is 0. The van der Waals surface area contributed by atoms with Gasteiger partial charge in [-0.3, -0.25) is 4.79 Å². The lowest BCUT2D eigenvalue weighted by Crippen LogP contribution is -2.23. The molecule has 0 spiro atoms. The number of rotatable bonds is 14. The van der Waals surface area contributed by atoms with Crippen molar-refractivity contribution in [3.63, 3.8) is 0 Å². The molecule has 0 unspecified atom stereocenters. The van der Waals surface area contributed by atoms with Gasteiger partial charge in [0.1, 0.15) is 0 Å². The number of carboxylic acid groups (broad SMARTS) is 1. The quantitative estimate of drug-likeness (QED) is 0.284. The average molecular weight is 352 g/mol. The van der Waals surface area contributed by atoms with Crippen molar-refractivity contribution >= 4 is 5.97 Å². The number of hydrogen-bond acceptors (Lipinski definition) is 4. The Hall–Kier alpha value is -1.69. The molecule has 25 heavy (non-hydrogen) atoms. The molecular weight excluding hydrogens is 320 g/mol. The highest BCUT2D eigenvalue weighted by atomic mass is 16.4. The molecule has 5 nitrogen and oxygen atoms in total. The van der Waals surface area contributed by atoms with Gasteiger partial charge in [0, 0.05) is 6.42 Å². The maximum absolute atomic E-state index is 10.4. The molecule has 0 aromatic heterocycles. The normalized spacial score (nSPS) is 16.3. The number of carbonyl (C=O) groups is 1. The summed E-state index contributed by atoms with van der Waals surface area (Å²) in [6.45, 7) is 2.13. The van der Waals surface area contributed by atoms with Gasteiger partial charge < -0.3 is 20.4 Å². The van der Waals surface area contributed by atoms with Crippen LogP contribution in [0, 0.1) is 0 Å². The molecule has 0 amide bonds. The van der Waals surface area contributed by atoms with E-state index in [9.17, 15) is 20.1 Å². The molecule has 3 atom stereocenters. The summed E-state index contributed by atoms with van der Waals surface area (Å²) >= 11 is 0. The molecular formula is C20H32O5. The second kappa shape index (κ2) is 15.8. The zero-order valence-electron chi connectivity index (χ0n) is 15.0. The predicted molar refractivity (Wildman–Crippen MR) is 100 cm³/mol. The highest BCUT2D eigenvalue weighted by Crippen LogP contribution is 2.06. The lowest BCUT2D eigenvalue weighted by atomic mass is 10.1. The molecule has 4 N–H and O–H groups in total. The molecule has 0 aliphatic carbocycles. The molecule has 0 saturated heterocycles. The van der Waals surface area contributed by atoms with E-state index in [1.807, 2.05) is 6.08 Å². The van der Waals surface area contributed by atoms with Crippen molar-refractivity contribution in [2.24, 2.45) is 0 Å². The third-order valence-corrected chi connectivity index (χ3v) is 3.59. The van der Waals surface area contributed by atoms with E-state index in [-0.39, 0.29) is 12.8 Å². The highest BCUT2D eigenvalue weighted by Gasteiger charge is 2.12. The van der Waals surface area contributed by atoms with Crippen molar-refractivity contribution in [3.8, 4) is 0 Å². The maximum atomic E-state index is 10.4. The van der Waals surface area contributed by atoms with E-state index < -0.39 is 24.3 Å². The molecule has 0 radical (unpaired) electrons. The Balaban J connectivity index is 3.97. The van der Waals surface area contributed by atoms with Crippen LogP contribution >= 0.6 is 0 Å². The fraction of sp³-hybridized carbons (Fsp3) is 0.550. The molecule has 0 aromatic rings. The summed E-state index contributed by atoms with van der Waals surface area (Å²) in [6.07, 6.45) is 16.0. The lowest BCUT2D eigenvalue weighted by Gasteiger charge is -2.13. The third-order valence-electron chi connectivity index (χ3n) is 3.59. The summed E-state index contributed by atoms with van der Waals surface area (Å²) in [6, 6.07) is 0. The topological polar surface area (TPSA) is 98.0 Å². The molecule has 0 aromatic carbocycles. The van der Waals surface area contributed by atoms with Gasteiger partial charge in [-0.25, -0.2) is 0 Å². The maximum Gasteiger partial charge on any atom is 0.303 e. The van der Waals surface area contributed by atoms with Gasteiger partial charge in [0.2, 0.25) is 0 Å². The second-order valence-corrected chi connectivity index (χ2v) is 5.95. The van der Waals surface area contributed by atoms with Crippen LogP contribution < -0.4 is 0 Å². The summed E-state index contributed by atoms with van der Waals surface area (Å²) < 4.78 is 0. The van der Waals surface area contributed by atoms with E-state index in [4.69, 9.17) is 5.11 Å². The van der Waals surface area contributed by atoms with Gasteiger partial charge in [-0.2, -0.15) is 0 Å². The minimum absolute atomic E-state index is 0.0149. The van der Waals surface area contributed by atoms with E-state index in [0.717, 1.165) is 25.7 Å². The van der Waals surface area contributed by atoms with Gasteiger partial charge in [0.25, 0.3) is 0 Å². The monoisotopic (exact) mass is 352 g/mol. The molecule has 142 valence electrons. The Bertz CT molecular complexity index is 451. The Labute approximate surface area is 150 Å². The molecule has 0 saturated carbocycles. The van der Waals surface area contributed by atoms with Crippen LogP contribution in [0.1, 0.15) is 51.9 Å². The first-order chi connectivity index (χ1) is 12.0. The van der Waals surface area contributed by atoms with Crippen LogP contribution in [0.25, 0.3) is 0 Å². The standard InChI is InChI=1S/C20H32O5/c1-2-3-8-12-17(21)13-9-6-4-5-7-10-14-18(22)19(23)15-11-16-20(24)25/h4-7,9-10,13-14,17-19,21-23H,2-3,8,11-12,15-16H2,1H3,(H,24,25)/b6-4+,7-5+,13-9+,14-10+/t17-,18+,19-/m0/s1. The number of carboxylic acids is 1. The first-order valence-electron chi connectivity index (χ1n) is 8.91. The van der Waals surface area contributed by atoms with Gasteiger partial charge in [-0.05, 0) is 19.3 Å². The Morgan fingerprint density at radius 2 is 1.44 bits per heavy atom. The van der Waals surface area contributed by atoms with E-state index in [1.54, 1.807) is 36.5 Å². The molecule has 0 heterocycles. The summed E-state index contributed by atoms with van der Waals surface area (Å²) in [5.74, 6) is -0.908. The van der Waals surface area contributed by atoms with Crippen LogP contribution in [0.3, 0.4) is 0 Å². The van der Waals surface area contributed by atoms with Gasteiger partial charge in [-0.1, -0.05) is 74.8 Å². The second-order valence-electron chi connectivity index (χ2n) is 5.95. The van der Waals surface area contributed by atoms with Crippen LogP contribution in [0.5, 0.6) is 0 Å². The number of hydrogen-bond donors (Lipinski definition) is 4. The first kappa shape index (κ1) is 23.3. The van der Waals surface area contributed by atoms with Crippen molar-refractivity contribution in [2.45, 2.75) is 70.2 Å². The number of aliphatic hydroxyl groups is 3.